The molecule has 2 fully saturated rings. The van der Waals surface area contributed by atoms with Gasteiger partial charge in [-0.15, -0.1) is 0 Å². The Labute approximate surface area is 259 Å². The van der Waals surface area contributed by atoms with Crippen molar-refractivity contribution >= 4 is 28.8 Å². The smallest absolute Gasteiger partial charge is 0.411 e. The van der Waals surface area contributed by atoms with Gasteiger partial charge in [0.1, 0.15) is 5.66 Å². The fourth-order valence-electron chi connectivity index (χ4n) is 9.95. The number of nitrogens with one attached hydrogen (secondary N) is 3. The molecule has 1 aromatic heterocycles. The van der Waals surface area contributed by atoms with E-state index in [9.17, 15) is 9.59 Å². The van der Waals surface area contributed by atoms with E-state index in [1.807, 2.05) is 18.7 Å². The minimum Gasteiger partial charge on any atom is -0.450 e. The first-order chi connectivity index (χ1) is 21.2. The number of carbonyl (C=O) groups excluding carboxylic acids is 2. The zero-order chi connectivity index (χ0) is 30.9. The standard InChI is InChI=1S/C36H44N4O4/c1-6-43-32(41)37-18-16-24-23-12-8-10-14-27(23)38-31(24)30-29-26(20-22(3)21-34(29,4)5)36-35(30,17-19-40(36)33(42)44-7-2)25-13-9-11-15-28(25)39-36/h8-15,20,26,29-30,38-39H,6-7,16-19,21H2,1-5H3,(H,37,41)/t26-,29+,30+,35-,36-/m0/s1. The molecular formula is C36H44N4O4. The number of fused-ring (bicyclic) bond motifs is 3. The molecule has 3 N–H and O–H groups in total. The molecule has 8 nitrogen and oxygen atoms in total. The van der Waals surface area contributed by atoms with E-state index in [1.165, 1.54) is 27.8 Å². The van der Waals surface area contributed by atoms with Gasteiger partial charge in [0.2, 0.25) is 0 Å². The van der Waals surface area contributed by atoms with Crippen molar-refractivity contribution in [2.24, 2.45) is 17.3 Å². The van der Waals surface area contributed by atoms with Gasteiger partial charge in [-0.2, -0.15) is 0 Å². The quantitative estimate of drug-likeness (QED) is 0.264. The van der Waals surface area contributed by atoms with Gasteiger partial charge in [0.25, 0.3) is 0 Å². The molecule has 0 unspecified atom stereocenters. The van der Waals surface area contributed by atoms with Crippen molar-refractivity contribution in [2.45, 2.75) is 70.9 Å². The summed E-state index contributed by atoms with van der Waals surface area (Å²) in [4.78, 5) is 32.1. The lowest BCUT2D eigenvalue weighted by atomic mass is 9.59. The van der Waals surface area contributed by atoms with Gasteiger partial charge in [0.05, 0.1) is 18.6 Å². The number of nitrogens with zero attached hydrogens (tertiary/aromatic N) is 1. The summed E-state index contributed by atoms with van der Waals surface area (Å²) in [6.45, 7) is 12.5. The van der Waals surface area contributed by atoms with Crippen LogP contribution in [0.4, 0.5) is 15.3 Å². The Kier molecular flexibility index (Phi) is 6.75. The summed E-state index contributed by atoms with van der Waals surface area (Å²) in [6, 6.07) is 17.2. The van der Waals surface area contributed by atoms with Crippen LogP contribution in [0.1, 0.15) is 70.2 Å². The Morgan fingerprint density at radius 2 is 1.80 bits per heavy atom. The van der Waals surface area contributed by atoms with Crippen molar-refractivity contribution in [2.75, 3.05) is 31.6 Å². The highest BCUT2D eigenvalue weighted by Crippen LogP contribution is 2.76. The molecule has 1 saturated carbocycles. The first-order valence-electron chi connectivity index (χ1n) is 16.2. The van der Waals surface area contributed by atoms with E-state index in [0.717, 1.165) is 24.0 Å². The van der Waals surface area contributed by atoms with Crippen LogP contribution >= 0.6 is 0 Å². The van der Waals surface area contributed by atoms with Gasteiger partial charge in [-0.25, -0.2) is 9.59 Å². The van der Waals surface area contributed by atoms with Crippen molar-refractivity contribution in [3.63, 3.8) is 0 Å². The van der Waals surface area contributed by atoms with Crippen molar-refractivity contribution < 1.29 is 19.1 Å². The van der Waals surface area contributed by atoms with Crippen LogP contribution in [0.25, 0.3) is 10.9 Å². The average Bonchev–Trinajstić information content (AvgIpc) is 3.66. The number of anilines is 1. The molecule has 2 aromatic carbocycles. The van der Waals surface area contributed by atoms with E-state index in [1.54, 1.807) is 0 Å². The summed E-state index contributed by atoms with van der Waals surface area (Å²) in [7, 11) is 0. The van der Waals surface area contributed by atoms with Gasteiger partial charge in [-0.1, -0.05) is 61.9 Å². The number of H-pyrrole nitrogens is 1. The van der Waals surface area contributed by atoms with Crippen molar-refractivity contribution in [1.29, 1.82) is 0 Å². The van der Waals surface area contributed by atoms with Gasteiger partial charge >= 0.3 is 12.2 Å². The first kappa shape index (κ1) is 28.8. The lowest BCUT2D eigenvalue weighted by Crippen LogP contribution is -2.61. The van der Waals surface area contributed by atoms with E-state index >= 15 is 0 Å². The third-order valence-electron chi connectivity index (χ3n) is 11.0. The van der Waals surface area contributed by atoms with Gasteiger partial charge in [-0.3, -0.25) is 4.90 Å². The minimum absolute atomic E-state index is 0.0372. The van der Waals surface area contributed by atoms with Crippen LogP contribution in [0.2, 0.25) is 0 Å². The van der Waals surface area contributed by atoms with E-state index < -0.39 is 17.2 Å². The van der Waals surface area contributed by atoms with Crippen LogP contribution in [0, 0.1) is 17.3 Å². The van der Waals surface area contributed by atoms with Gasteiger partial charge in [0.15, 0.2) is 0 Å². The Morgan fingerprint density at radius 3 is 2.59 bits per heavy atom. The number of benzene rings is 2. The number of aromatic amines is 1. The number of alkyl carbamates (subject to hydrolysis) is 1. The maximum absolute atomic E-state index is 13.9. The van der Waals surface area contributed by atoms with Crippen molar-refractivity contribution in [3.05, 3.63) is 77.0 Å². The molecule has 4 aliphatic rings. The van der Waals surface area contributed by atoms with Crippen molar-refractivity contribution in [3.8, 4) is 0 Å². The zero-order valence-electron chi connectivity index (χ0n) is 26.5. The summed E-state index contributed by atoms with van der Waals surface area (Å²) in [5, 5.41) is 8.16. The normalized spacial score (nSPS) is 29.2. The van der Waals surface area contributed by atoms with E-state index in [4.69, 9.17) is 9.47 Å². The lowest BCUT2D eigenvalue weighted by Gasteiger charge is -2.48. The number of likely N-dealkylation sites (tertiary alicyclic amines) is 1. The predicted molar refractivity (Wildman–Crippen MR) is 172 cm³/mol. The second-order valence-electron chi connectivity index (χ2n) is 13.7. The molecule has 2 amide bonds. The third kappa shape index (κ3) is 3.81. The maximum Gasteiger partial charge on any atom is 0.411 e. The minimum atomic E-state index is -0.672. The van der Waals surface area contributed by atoms with E-state index in [0.29, 0.717) is 32.7 Å². The highest BCUT2D eigenvalue weighted by molar-refractivity contribution is 5.86. The summed E-state index contributed by atoms with van der Waals surface area (Å²) in [5.74, 6) is 0.369. The van der Waals surface area contributed by atoms with Crippen LogP contribution < -0.4 is 10.6 Å². The number of hydrogen-bond acceptors (Lipinski definition) is 5. The van der Waals surface area contributed by atoms with Crippen LogP contribution in [-0.4, -0.2) is 54.0 Å². The fourth-order valence-corrected chi connectivity index (χ4v) is 9.95. The van der Waals surface area contributed by atoms with Crippen LogP contribution in [0.5, 0.6) is 0 Å². The molecule has 1 saturated heterocycles. The van der Waals surface area contributed by atoms with E-state index in [-0.39, 0.29) is 29.3 Å². The number of ether oxygens (including phenoxy) is 2. The van der Waals surface area contributed by atoms with E-state index in [2.05, 4.69) is 91.0 Å². The highest BCUT2D eigenvalue weighted by Gasteiger charge is 2.80. The molecule has 44 heavy (non-hydrogen) atoms. The maximum atomic E-state index is 13.9. The molecule has 0 spiro atoms. The number of rotatable bonds is 6. The third-order valence-corrected chi connectivity index (χ3v) is 11.0. The van der Waals surface area contributed by atoms with Crippen LogP contribution in [0.15, 0.2) is 60.2 Å². The molecule has 3 aromatic rings. The molecule has 2 aliphatic carbocycles. The number of carbonyl (C=O) groups is 2. The van der Waals surface area contributed by atoms with Crippen LogP contribution in [0.3, 0.4) is 0 Å². The number of para-hydroxylation sites is 2. The Hall–Kier alpha value is -3.94. The average molecular weight is 597 g/mol. The lowest BCUT2D eigenvalue weighted by molar-refractivity contribution is 0.0482. The Balaban J connectivity index is 1.48. The topological polar surface area (TPSA) is 95.7 Å². The molecule has 2 aliphatic heterocycles. The zero-order valence-corrected chi connectivity index (χ0v) is 26.5. The largest absolute Gasteiger partial charge is 0.450 e. The number of aromatic nitrogens is 1. The van der Waals surface area contributed by atoms with Gasteiger partial charge in [-0.05, 0) is 74.6 Å². The first-order valence-corrected chi connectivity index (χ1v) is 16.2. The number of allylic oxidation sites excluding steroid dienone is 1. The molecule has 3 heterocycles. The van der Waals surface area contributed by atoms with Crippen molar-refractivity contribution in [1.82, 2.24) is 15.2 Å². The molecule has 5 atom stereocenters. The summed E-state index contributed by atoms with van der Waals surface area (Å²) < 4.78 is 10.9. The second kappa shape index (κ2) is 10.3. The van der Waals surface area contributed by atoms with Gasteiger partial charge < -0.3 is 25.1 Å². The summed E-state index contributed by atoms with van der Waals surface area (Å²) in [6.07, 6.45) is 4.31. The fraction of sp³-hybridized carbons (Fsp3) is 0.500. The number of amides is 2. The molecule has 8 heteroatoms. The summed E-state index contributed by atoms with van der Waals surface area (Å²) >= 11 is 0. The molecule has 7 rings (SSSR count). The monoisotopic (exact) mass is 596 g/mol. The Bertz CT molecular complexity index is 1660. The highest BCUT2D eigenvalue weighted by atomic mass is 16.6. The number of hydrogen-bond donors (Lipinski definition) is 3. The second-order valence-corrected chi connectivity index (χ2v) is 13.7. The molecular weight excluding hydrogens is 552 g/mol. The predicted octanol–water partition coefficient (Wildman–Crippen LogP) is 7.08. The SMILES string of the molecule is CCOC(=O)NCCc1c([C@H]2[C@H]3[C@H](C=C(C)CC3(C)C)[C@@]34Nc5ccccc5[C@@]23CCN4C(=O)OCC)[nH]c2ccccc12. The molecule has 0 bridgehead atoms. The summed E-state index contributed by atoms with van der Waals surface area (Å²) in [5.41, 5.74) is 6.19. The van der Waals surface area contributed by atoms with Crippen LogP contribution in [-0.2, 0) is 21.3 Å². The molecule has 232 valence electrons. The molecule has 0 radical (unpaired) electrons. The van der Waals surface area contributed by atoms with Gasteiger partial charge in [0, 0.05) is 47.2 Å². The Morgan fingerprint density at radius 1 is 1.05 bits per heavy atom.